The minimum atomic E-state index is -0.0733. The highest BCUT2D eigenvalue weighted by Crippen LogP contribution is 2.31. The van der Waals surface area contributed by atoms with E-state index in [1.165, 1.54) is 5.56 Å². The van der Waals surface area contributed by atoms with Gasteiger partial charge in [0.1, 0.15) is 5.82 Å². The monoisotopic (exact) mass is 456 g/mol. The Morgan fingerprint density at radius 1 is 0.912 bits per heavy atom. The number of hydrogen-bond acceptors (Lipinski definition) is 5. The molecule has 0 radical (unpaired) electrons. The smallest absolute Gasteiger partial charge is 0.322 e. The zero-order chi connectivity index (χ0) is 23.7. The second-order valence-electron chi connectivity index (χ2n) is 9.30. The van der Waals surface area contributed by atoms with Crippen LogP contribution in [0.2, 0.25) is 0 Å². The van der Waals surface area contributed by atoms with Gasteiger partial charge in [0, 0.05) is 56.0 Å². The number of anilines is 2. The number of carbonyl (C=O) groups excluding carboxylic acids is 1. The van der Waals surface area contributed by atoms with E-state index in [9.17, 15) is 4.79 Å². The minimum Gasteiger partial charge on any atom is -0.354 e. The first-order chi connectivity index (χ1) is 16.5. The Balaban J connectivity index is 1.45. The lowest BCUT2D eigenvalue weighted by molar-refractivity contribution is 0.206. The molecule has 1 aromatic heterocycles. The molecule has 0 unspecified atom stereocenters. The summed E-state index contributed by atoms with van der Waals surface area (Å²) in [5, 5.41) is 3.12. The predicted molar refractivity (Wildman–Crippen MR) is 136 cm³/mol. The summed E-state index contributed by atoms with van der Waals surface area (Å²) in [6.07, 6.45) is 0.721. The average Bonchev–Trinajstić information content (AvgIpc) is 2.87. The fourth-order valence-electron chi connectivity index (χ4n) is 4.65. The molecular formula is C27H32N6O. The molecular weight excluding hydrogens is 424 g/mol. The third-order valence-corrected chi connectivity index (χ3v) is 7.01. The van der Waals surface area contributed by atoms with Crippen molar-refractivity contribution in [2.45, 2.75) is 26.8 Å². The van der Waals surface area contributed by atoms with Crippen molar-refractivity contribution < 1.29 is 4.79 Å². The van der Waals surface area contributed by atoms with Crippen LogP contribution in [-0.2, 0) is 13.0 Å². The Kier molecular flexibility index (Phi) is 6.20. The van der Waals surface area contributed by atoms with Gasteiger partial charge in [0.15, 0.2) is 5.82 Å². The molecule has 5 rings (SSSR count). The first-order valence-corrected chi connectivity index (χ1v) is 12.0. The van der Waals surface area contributed by atoms with Crippen LogP contribution in [0, 0.1) is 13.8 Å². The Morgan fingerprint density at radius 3 is 2.44 bits per heavy atom. The predicted octanol–water partition coefficient (Wildman–Crippen LogP) is 4.10. The summed E-state index contributed by atoms with van der Waals surface area (Å²) in [4.78, 5) is 29.8. The zero-order valence-electron chi connectivity index (χ0n) is 20.2. The summed E-state index contributed by atoms with van der Waals surface area (Å²) in [6, 6.07) is 16.1. The first-order valence-electron chi connectivity index (χ1n) is 12.0. The van der Waals surface area contributed by atoms with Crippen molar-refractivity contribution in [3.63, 3.8) is 0 Å². The maximum Gasteiger partial charge on any atom is 0.322 e. The van der Waals surface area contributed by atoms with E-state index in [1.807, 2.05) is 42.2 Å². The molecule has 0 spiro atoms. The molecule has 7 heteroatoms. The molecule has 0 atom stereocenters. The van der Waals surface area contributed by atoms with Gasteiger partial charge in [0.2, 0.25) is 0 Å². The van der Waals surface area contributed by atoms with E-state index < -0.39 is 0 Å². The quantitative estimate of drug-likeness (QED) is 0.643. The van der Waals surface area contributed by atoms with Gasteiger partial charge < -0.3 is 20.0 Å². The molecule has 3 heterocycles. The number of urea groups is 1. The molecule has 2 aromatic carbocycles. The van der Waals surface area contributed by atoms with Gasteiger partial charge >= 0.3 is 6.03 Å². The molecule has 2 amide bonds. The SMILES string of the molecule is Cc1cccc(NC(=O)N2CCc3nc(-c4ccccc4)nc(N4CCN(C)CC4)c3C2)c1C. The standard InChI is InChI=1S/C27H32N6O/c1-19-8-7-11-23(20(19)2)29-27(34)33-13-12-24-22(18-33)26(32-16-14-31(3)15-17-32)30-25(28-24)21-9-5-4-6-10-21/h4-11H,12-18H2,1-3H3,(H,29,34). The van der Waals surface area contributed by atoms with E-state index in [1.54, 1.807) is 0 Å². The summed E-state index contributed by atoms with van der Waals surface area (Å²) >= 11 is 0. The molecule has 0 bridgehead atoms. The molecule has 34 heavy (non-hydrogen) atoms. The number of aromatic nitrogens is 2. The summed E-state index contributed by atoms with van der Waals surface area (Å²) in [5.74, 6) is 1.74. The highest BCUT2D eigenvalue weighted by Gasteiger charge is 2.29. The normalized spacial score (nSPS) is 16.3. The van der Waals surface area contributed by atoms with Gasteiger partial charge in [-0.1, -0.05) is 42.5 Å². The number of nitrogens with one attached hydrogen (secondary N) is 1. The van der Waals surface area contributed by atoms with Gasteiger partial charge in [0.05, 0.1) is 12.2 Å². The van der Waals surface area contributed by atoms with Crippen molar-refractivity contribution in [3.05, 3.63) is 70.9 Å². The molecule has 0 aliphatic carbocycles. The van der Waals surface area contributed by atoms with Crippen LogP contribution < -0.4 is 10.2 Å². The van der Waals surface area contributed by atoms with E-state index in [0.717, 1.165) is 72.3 Å². The van der Waals surface area contributed by atoms with Crippen LogP contribution in [-0.4, -0.2) is 65.6 Å². The van der Waals surface area contributed by atoms with Crippen molar-refractivity contribution >= 4 is 17.5 Å². The highest BCUT2D eigenvalue weighted by atomic mass is 16.2. The molecule has 2 aliphatic heterocycles. The lowest BCUT2D eigenvalue weighted by atomic mass is 10.0. The van der Waals surface area contributed by atoms with Crippen molar-refractivity contribution in [3.8, 4) is 11.4 Å². The number of carbonyl (C=O) groups is 1. The van der Waals surface area contributed by atoms with Crippen LogP contribution >= 0.6 is 0 Å². The third kappa shape index (κ3) is 4.48. The first kappa shape index (κ1) is 22.3. The molecule has 2 aliphatic rings. The van der Waals surface area contributed by atoms with E-state index in [0.29, 0.717) is 13.1 Å². The topological polar surface area (TPSA) is 64.6 Å². The molecule has 1 N–H and O–H groups in total. The molecule has 7 nitrogen and oxygen atoms in total. The molecule has 1 fully saturated rings. The number of rotatable bonds is 3. The zero-order valence-corrected chi connectivity index (χ0v) is 20.2. The van der Waals surface area contributed by atoms with Crippen molar-refractivity contribution in [1.82, 2.24) is 19.8 Å². The second kappa shape index (κ2) is 9.43. The van der Waals surface area contributed by atoms with E-state index in [4.69, 9.17) is 9.97 Å². The summed E-state index contributed by atoms with van der Waals surface area (Å²) < 4.78 is 0. The maximum atomic E-state index is 13.2. The lowest BCUT2D eigenvalue weighted by Crippen LogP contribution is -2.46. The van der Waals surface area contributed by atoms with E-state index in [2.05, 4.69) is 47.3 Å². The summed E-state index contributed by atoms with van der Waals surface area (Å²) in [5.41, 5.74) is 6.29. The molecule has 0 saturated carbocycles. The van der Waals surface area contributed by atoms with Crippen LogP contribution in [0.4, 0.5) is 16.3 Å². The fourth-order valence-corrected chi connectivity index (χ4v) is 4.65. The largest absolute Gasteiger partial charge is 0.354 e. The van der Waals surface area contributed by atoms with E-state index >= 15 is 0 Å². The number of aryl methyl sites for hydroxylation is 1. The fraction of sp³-hybridized carbons (Fsp3) is 0.370. The molecule has 3 aromatic rings. The second-order valence-corrected chi connectivity index (χ2v) is 9.30. The number of piperazine rings is 1. The van der Waals surface area contributed by atoms with Gasteiger partial charge in [-0.3, -0.25) is 0 Å². The summed E-state index contributed by atoms with van der Waals surface area (Å²) in [6.45, 7) is 9.09. The number of amides is 2. The Morgan fingerprint density at radius 2 is 1.68 bits per heavy atom. The average molecular weight is 457 g/mol. The van der Waals surface area contributed by atoms with Crippen LogP contribution in [0.3, 0.4) is 0 Å². The van der Waals surface area contributed by atoms with Crippen molar-refractivity contribution in [2.75, 3.05) is 50.0 Å². The van der Waals surface area contributed by atoms with Gasteiger partial charge in [-0.15, -0.1) is 0 Å². The minimum absolute atomic E-state index is 0.0733. The van der Waals surface area contributed by atoms with Crippen molar-refractivity contribution in [1.29, 1.82) is 0 Å². The van der Waals surface area contributed by atoms with E-state index in [-0.39, 0.29) is 6.03 Å². The van der Waals surface area contributed by atoms with Crippen LogP contribution in [0.1, 0.15) is 22.4 Å². The van der Waals surface area contributed by atoms with Gasteiger partial charge in [0.25, 0.3) is 0 Å². The number of likely N-dealkylation sites (N-methyl/N-ethyl adjacent to an activating group) is 1. The lowest BCUT2D eigenvalue weighted by Gasteiger charge is -2.37. The number of benzene rings is 2. The van der Waals surface area contributed by atoms with Crippen LogP contribution in [0.15, 0.2) is 48.5 Å². The summed E-state index contributed by atoms with van der Waals surface area (Å²) in [7, 11) is 2.15. The molecule has 176 valence electrons. The highest BCUT2D eigenvalue weighted by molar-refractivity contribution is 5.90. The Hall–Kier alpha value is -3.45. The van der Waals surface area contributed by atoms with Crippen LogP contribution in [0.5, 0.6) is 0 Å². The van der Waals surface area contributed by atoms with Gasteiger partial charge in [-0.2, -0.15) is 0 Å². The number of fused-ring (bicyclic) bond motifs is 1. The molecule has 1 saturated heterocycles. The number of hydrogen-bond donors (Lipinski definition) is 1. The van der Waals surface area contributed by atoms with Crippen LogP contribution in [0.25, 0.3) is 11.4 Å². The van der Waals surface area contributed by atoms with Gasteiger partial charge in [-0.05, 0) is 38.1 Å². The third-order valence-electron chi connectivity index (χ3n) is 7.01. The maximum absolute atomic E-state index is 13.2. The van der Waals surface area contributed by atoms with Crippen molar-refractivity contribution in [2.24, 2.45) is 0 Å². The van der Waals surface area contributed by atoms with Gasteiger partial charge in [-0.25, -0.2) is 14.8 Å². The number of nitrogens with zero attached hydrogens (tertiary/aromatic N) is 5. The Labute approximate surface area is 201 Å². The Bertz CT molecular complexity index is 1190.